The summed E-state index contributed by atoms with van der Waals surface area (Å²) in [6.45, 7) is 5.04. The predicted octanol–water partition coefficient (Wildman–Crippen LogP) is 3.25. The van der Waals surface area contributed by atoms with Crippen molar-refractivity contribution in [2.24, 2.45) is 0 Å². The summed E-state index contributed by atoms with van der Waals surface area (Å²) in [4.78, 5) is 28.8. The highest BCUT2D eigenvalue weighted by atomic mass is 32.1. The van der Waals surface area contributed by atoms with Gasteiger partial charge in [0.05, 0.1) is 5.39 Å². The van der Waals surface area contributed by atoms with Gasteiger partial charge < -0.3 is 10.2 Å². The highest BCUT2D eigenvalue weighted by Gasteiger charge is 2.26. The number of carbonyl (C=O) groups is 1. The fraction of sp³-hybridized carbons (Fsp3) is 0.368. The lowest BCUT2D eigenvalue weighted by Crippen LogP contribution is -2.42. The molecule has 4 heterocycles. The quantitative estimate of drug-likeness (QED) is 0.749. The Bertz CT molecular complexity index is 924. The number of hydrogen-bond donors (Lipinski definition) is 1. The second-order valence-corrected chi connectivity index (χ2v) is 7.67. The molecule has 1 saturated heterocycles. The van der Waals surface area contributed by atoms with Crippen molar-refractivity contribution in [2.45, 2.75) is 38.8 Å². The first-order valence-corrected chi connectivity index (χ1v) is 9.72. The van der Waals surface area contributed by atoms with Crippen LogP contribution in [-0.2, 0) is 4.79 Å². The largest absolute Gasteiger partial charge is 0.352 e. The van der Waals surface area contributed by atoms with Crippen LogP contribution in [0.4, 0.5) is 5.82 Å². The van der Waals surface area contributed by atoms with Gasteiger partial charge in [-0.25, -0.2) is 9.97 Å². The molecule has 6 nitrogen and oxygen atoms in total. The van der Waals surface area contributed by atoms with Crippen molar-refractivity contribution in [3.8, 4) is 11.5 Å². The Morgan fingerprint density at radius 2 is 2.19 bits per heavy atom. The molecular weight excluding hydrogens is 346 g/mol. The van der Waals surface area contributed by atoms with Crippen LogP contribution in [0.1, 0.15) is 26.7 Å². The maximum absolute atomic E-state index is 11.6. The van der Waals surface area contributed by atoms with Crippen molar-refractivity contribution in [3.63, 3.8) is 0 Å². The maximum Gasteiger partial charge on any atom is 0.220 e. The standard InChI is InChI=1S/C19H21N5OS/c1-12(2)24(11-13-6-7-16(25)21-13)18-14-8-10-26-19(14)23-17(22-18)15-5-3-4-9-20-15/h3-5,8-10,12-13H,6-7,11H2,1-2H3,(H,21,25). The summed E-state index contributed by atoms with van der Waals surface area (Å²) in [6, 6.07) is 8.24. The van der Waals surface area contributed by atoms with Crippen molar-refractivity contribution in [1.29, 1.82) is 0 Å². The van der Waals surface area contributed by atoms with Crippen molar-refractivity contribution in [2.75, 3.05) is 11.4 Å². The third-order valence-corrected chi connectivity index (χ3v) is 5.40. The van der Waals surface area contributed by atoms with E-state index in [0.29, 0.717) is 12.2 Å². The molecule has 0 aliphatic carbocycles. The van der Waals surface area contributed by atoms with Crippen molar-refractivity contribution >= 4 is 33.3 Å². The number of aromatic nitrogens is 3. The molecule has 4 rings (SSSR count). The van der Waals surface area contributed by atoms with Crippen molar-refractivity contribution < 1.29 is 4.79 Å². The highest BCUT2D eigenvalue weighted by molar-refractivity contribution is 7.16. The Hall–Kier alpha value is -2.54. The SMILES string of the molecule is CC(C)N(CC1CCC(=O)N1)c1nc(-c2ccccn2)nc2sccc12. The number of nitrogens with zero attached hydrogens (tertiary/aromatic N) is 4. The number of carbonyl (C=O) groups excluding carboxylic acids is 1. The first kappa shape index (κ1) is 16.9. The zero-order valence-electron chi connectivity index (χ0n) is 14.8. The molecule has 134 valence electrons. The Morgan fingerprint density at radius 3 is 2.88 bits per heavy atom. The van der Waals surface area contributed by atoms with Gasteiger partial charge >= 0.3 is 0 Å². The zero-order chi connectivity index (χ0) is 18.1. The molecule has 1 aliphatic rings. The summed E-state index contributed by atoms with van der Waals surface area (Å²) in [7, 11) is 0. The van der Waals surface area contributed by atoms with E-state index in [2.05, 4.69) is 35.1 Å². The third kappa shape index (κ3) is 3.26. The van der Waals surface area contributed by atoms with E-state index in [0.717, 1.165) is 34.7 Å². The van der Waals surface area contributed by atoms with Gasteiger partial charge in [0.2, 0.25) is 5.91 Å². The molecule has 26 heavy (non-hydrogen) atoms. The molecule has 7 heteroatoms. The van der Waals surface area contributed by atoms with Crippen LogP contribution >= 0.6 is 11.3 Å². The monoisotopic (exact) mass is 367 g/mol. The number of hydrogen-bond acceptors (Lipinski definition) is 6. The molecule has 1 fully saturated rings. The minimum absolute atomic E-state index is 0.135. The minimum atomic E-state index is 0.135. The van der Waals surface area contributed by atoms with Gasteiger partial charge in [-0.3, -0.25) is 9.78 Å². The predicted molar refractivity (Wildman–Crippen MR) is 104 cm³/mol. The second kappa shape index (κ2) is 6.99. The van der Waals surface area contributed by atoms with Gasteiger partial charge in [-0.05, 0) is 43.8 Å². The molecule has 0 spiro atoms. The number of nitrogens with one attached hydrogen (secondary N) is 1. The average Bonchev–Trinajstić information content (AvgIpc) is 3.28. The average molecular weight is 367 g/mol. The first-order valence-electron chi connectivity index (χ1n) is 8.84. The van der Waals surface area contributed by atoms with Gasteiger partial charge in [0.1, 0.15) is 16.3 Å². The maximum atomic E-state index is 11.6. The van der Waals surface area contributed by atoms with Gasteiger partial charge in [0.15, 0.2) is 5.82 Å². The van der Waals surface area contributed by atoms with Crippen molar-refractivity contribution in [3.05, 3.63) is 35.8 Å². The van der Waals surface area contributed by atoms with Gasteiger partial charge in [-0.15, -0.1) is 11.3 Å². The van der Waals surface area contributed by atoms with Crippen LogP contribution in [0, 0.1) is 0 Å². The Balaban J connectivity index is 1.77. The molecule has 0 radical (unpaired) electrons. The van der Waals surface area contributed by atoms with E-state index in [1.54, 1.807) is 17.5 Å². The summed E-state index contributed by atoms with van der Waals surface area (Å²) in [5.41, 5.74) is 0.766. The molecule has 3 aromatic rings. The molecule has 0 bridgehead atoms. The van der Waals surface area contributed by atoms with E-state index in [-0.39, 0.29) is 18.0 Å². The molecule has 1 aliphatic heterocycles. The van der Waals surface area contributed by atoms with Crippen molar-refractivity contribution in [1.82, 2.24) is 20.3 Å². The Labute approximate surface area is 156 Å². The number of anilines is 1. The molecule has 1 unspecified atom stereocenters. The van der Waals surface area contributed by atoms with Crippen LogP contribution in [-0.4, -0.2) is 39.5 Å². The van der Waals surface area contributed by atoms with Crippen LogP contribution in [0.2, 0.25) is 0 Å². The van der Waals surface area contributed by atoms with Gasteiger partial charge in [-0.1, -0.05) is 6.07 Å². The lowest BCUT2D eigenvalue weighted by Gasteiger charge is -2.31. The van der Waals surface area contributed by atoms with Gasteiger partial charge in [-0.2, -0.15) is 0 Å². The number of fused-ring (bicyclic) bond motifs is 1. The van der Waals surface area contributed by atoms with E-state index in [9.17, 15) is 4.79 Å². The molecule has 1 N–H and O–H groups in total. The summed E-state index contributed by atoms with van der Waals surface area (Å²) in [6.07, 6.45) is 3.23. The highest BCUT2D eigenvalue weighted by Crippen LogP contribution is 2.31. The van der Waals surface area contributed by atoms with E-state index >= 15 is 0 Å². The van der Waals surface area contributed by atoms with E-state index in [4.69, 9.17) is 9.97 Å². The van der Waals surface area contributed by atoms with Crippen LogP contribution in [0.5, 0.6) is 0 Å². The van der Waals surface area contributed by atoms with Crippen LogP contribution in [0.3, 0.4) is 0 Å². The topological polar surface area (TPSA) is 71.0 Å². The number of rotatable bonds is 5. The van der Waals surface area contributed by atoms with Crippen LogP contribution < -0.4 is 10.2 Å². The molecule has 3 aromatic heterocycles. The van der Waals surface area contributed by atoms with Crippen LogP contribution in [0.25, 0.3) is 21.7 Å². The third-order valence-electron chi connectivity index (χ3n) is 4.60. The second-order valence-electron chi connectivity index (χ2n) is 6.77. The normalized spacial score (nSPS) is 17.0. The number of pyridine rings is 1. The molecule has 0 saturated carbocycles. The molecular formula is C19H21N5OS. The summed E-state index contributed by atoms with van der Waals surface area (Å²) in [5.74, 6) is 1.68. The number of amides is 1. The minimum Gasteiger partial charge on any atom is -0.352 e. The Kier molecular flexibility index (Phi) is 4.55. The smallest absolute Gasteiger partial charge is 0.220 e. The summed E-state index contributed by atoms with van der Waals surface area (Å²) >= 11 is 1.61. The number of thiophene rings is 1. The zero-order valence-corrected chi connectivity index (χ0v) is 15.7. The molecule has 1 atom stereocenters. The molecule has 0 aromatic carbocycles. The van der Waals surface area contributed by atoms with Gasteiger partial charge in [0.25, 0.3) is 0 Å². The van der Waals surface area contributed by atoms with E-state index < -0.39 is 0 Å². The lowest BCUT2D eigenvalue weighted by atomic mass is 10.1. The summed E-state index contributed by atoms with van der Waals surface area (Å²) in [5, 5.41) is 6.15. The molecule has 1 amide bonds. The van der Waals surface area contributed by atoms with E-state index in [1.807, 2.05) is 23.6 Å². The van der Waals surface area contributed by atoms with Gasteiger partial charge in [0, 0.05) is 31.2 Å². The summed E-state index contributed by atoms with van der Waals surface area (Å²) < 4.78 is 0. The fourth-order valence-electron chi connectivity index (χ4n) is 3.26. The fourth-order valence-corrected chi connectivity index (χ4v) is 4.02. The first-order chi connectivity index (χ1) is 12.6. The Morgan fingerprint density at radius 1 is 1.31 bits per heavy atom. The lowest BCUT2D eigenvalue weighted by molar-refractivity contribution is -0.119. The van der Waals surface area contributed by atoms with Crippen LogP contribution in [0.15, 0.2) is 35.8 Å². The van der Waals surface area contributed by atoms with E-state index in [1.165, 1.54) is 0 Å².